The van der Waals surface area contributed by atoms with Crippen molar-refractivity contribution in [3.05, 3.63) is 12.3 Å². The van der Waals surface area contributed by atoms with Gasteiger partial charge < -0.3 is 14.7 Å². The van der Waals surface area contributed by atoms with Crippen molar-refractivity contribution in [1.82, 2.24) is 14.9 Å². The first-order valence-corrected chi connectivity index (χ1v) is 7.82. The highest BCUT2D eigenvalue weighted by Gasteiger charge is 2.21. The van der Waals surface area contributed by atoms with Crippen LogP contribution in [0.25, 0.3) is 0 Å². The van der Waals surface area contributed by atoms with Crippen molar-refractivity contribution in [3.8, 4) is 0 Å². The highest BCUT2D eigenvalue weighted by Crippen LogP contribution is 2.20. The van der Waals surface area contributed by atoms with E-state index in [1.165, 1.54) is 19.3 Å². The molecule has 21 heavy (non-hydrogen) atoms. The minimum atomic E-state index is 0.151. The van der Waals surface area contributed by atoms with E-state index in [4.69, 9.17) is 4.98 Å². The van der Waals surface area contributed by atoms with Crippen LogP contribution in [0.2, 0.25) is 0 Å². The number of nitrogens with zero attached hydrogens (tertiary/aromatic N) is 5. The van der Waals surface area contributed by atoms with Crippen LogP contribution in [0.3, 0.4) is 0 Å². The van der Waals surface area contributed by atoms with E-state index < -0.39 is 0 Å². The van der Waals surface area contributed by atoms with Crippen LogP contribution in [-0.4, -0.2) is 60.0 Å². The van der Waals surface area contributed by atoms with Gasteiger partial charge in [-0.15, -0.1) is 0 Å². The average molecular weight is 289 g/mol. The standard InChI is InChI=1S/C15H23N5O/c1-13(21)18-9-11-20(12-10-18)15-16-6-5-14(17-15)19-7-3-2-4-8-19/h5-6H,2-4,7-12H2,1H3. The molecule has 0 N–H and O–H groups in total. The molecule has 1 aromatic rings. The van der Waals surface area contributed by atoms with Gasteiger partial charge in [-0.2, -0.15) is 4.98 Å². The van der Waals surface area contributed by atoms with Crippen LogP contribution in [0.1, 0.15) is 26.2 Å². The Morgan fingerprint density at radius 2 is 1.71 bits per heavy atom. The molecule has 2 aliphatic rings. The fourth-order valence-electron chi connectivity index (χ4n) is 3.01. The molecule has 2 aliphatic heterocycles. The maximum absolute atomic E-state index is 11.4. The van der Waals surface area contributed by atoms with Crippen molar-refractivity contribution in [2.45, 2.75) is 26.2 Å². The number of aromatic nitrogens is 2. The van der Waals surface area contributed by atoms with Crippen molar-refractivity contribution in [3.63, 3.8) is 0 Å². The van der Waals surface area contributed by atoms with Crippen molar-refractivity contribution in [1.29, 1.82) is 0 Å². The van der Waals surface area contributed by atoms with Crippen LogP contribution in [0, 0.1) is 0 Å². The smallest absolute Gasteiger partial charge is 0.227 e. The second-order valence-electron chi connectivity index (χ2n) is 5.76. The van der Waals surface area contributed by atoms with Gasteiger partial charge in [0.05, 0.1) is 0 Å². The van der Waals surface area contributed by atoms with Crippen molar-refractivity contribution in [2.75, 3.05) is 49.1 Å². The number of rotatable bonds is 2. The lowest BCUT2D eigenvalue weighted by molar-refractivity contribution is -0.129. The molecule has 0 radical (unpaired) electrons. The zero-order valence-electron chi connectivity index (χ0n) is 12.7. The zero-order chi connectivity index (χ0) is 14.7. The fourth-order valence-corrected chi connectivity index (χ4v) is 3.01. The average Bonchev–Trinajstić information content (AvgIpc) is 2.56. The number of carbonyl (C=O) groups is 1. The Labute approximate surface area is 125 Å². The lowest BCUT2D eigenvalue weighted by Crippen LogP contribution is -2.48. The van der Waals surface area contributed by atoms with Crippen LogP contribution in [0.5, 0.6) is 0 Å². The van der Waals surface area contributed by atoms with E-state index in [0.29, 0.717) is 0 Å². The lowest BCUT2D eigenvalue weighted by Gasteiger charge is -2.35. The molecule has 2 fully saturated rings. The molecule has 1 aromatic heterocycles. The second kappa shape index (κ2) is 6.28. The summed E-state index contributed by atoms with van der Waals surface area (Å²) in [6.45, 7) is 6.94. The Kier molecular flexibility index (Phi) is 4.22. The topological polar surface area (TPSA) is 52.6 Å². The third-order valence-corrected chi connectivity index (χ3v) is 4.32. The third kappa shape index (κ3) is 3.25. The Bertz CT molecular complexity index is 493. The normalized spacial score (nSPS) is 19.8. The first-order valence-electron chi connectivity index (χ1n) is 7.82. The lowest BCUT2D eigenvalue weighted by atomic mass is 10.1. The highest BCUT2D eigenvalue weighted by atomic mass is 16.2. The maximum atomic E-state index is 11.4. The van der Waals surface area contributed by atoms with Gasteiger partial charge in [-0.25, -0.2) is 4.98 Å². The minimum absolute atomic E-state index is 0.151. The van der Waals surface area contributed by atoms with Crippen LogP contribution in [0.15, 0.2) is 12.3 Å². The van der Waals surface area contributed by atoms with Gasteiger partial charge in [0.25, 0.3) is 0 Å². The summed E-state index contributed by atoms with van der Waals surface area (Å²) in [5.74, 6) is 1.98. The van der Waals surface area contributed by atoms with Gasteiger partial charge >= 0.3 is 0 Å². The number of hydrogen-bond donors (Lipinski definition) is 0. The molecular formula is C15H23N5O. The molecule has 0 spiro atoms. The summed E-state index contributed by atoms with van der Waals surface area (Å²) in [4.78, 5) is 26.9. The third-order valence-electron chi connectivity index (χ3n) is 4.32. The van der Waals surface area contributed by atoms with Gasteiger partial charge in [0.2, 0.25) is 11.9 Å². The summed E-state index contributed by atoms with van der Waals surface area (Å²) in [6, 6.07) is 2.00. The predicted molar refractivity (Wildman–Crippen MR) is 82.6 cm³/mol. The van der Waals surface area contributed by atoms with E-state index in [9.17, 15) is 4.79 Å². The molecule has 0 aliphatic carbocycles. The van der Waals surface area contributed by atoms with Gasteiger partial charge in [0.1, 0.15) is 5.82 Å². The quantitative estimate of drug-likeness (QED) is 0.817. The Morgan fingerprint density at radius 1 is 1.00 bits per heavy atom. The molecular weight excluding hydrogens is 266 g/mol. The summed E-state index contributed by atoms with van der Waals surface area (Å²) in [5.41, 5.74) is 0. The monoisotopic (exact) mass is 289 g/mol. The zero-order valence-corrected chi connectivity index (χ0v) is 12.7. The van der Waals surface area contributed by atoms with E-state index >= 15 is 0 Å². The van der Waals surface area contributed by atoms with Crippen LogP contribution in [0.4, 0.5) is 11.8 Å². The van der Waals surface area contributed by atoms with Crippen molar-refractivity contribution in [2.24, 2.45) is 0 Å². The molecule has 1 amide bonds. The fraction of sp³-hybridized carbons (Fsp3) is 0.667. The number of anilines is 2. The predicted octanol–water partition coefficient (Wildman–Crippen LogP) is 1.14. The van der Waals surface area contributed by atoms with Crippen LogP contribution < -0.4 is 9.80 Å². The molecule has 3 rings (SSSR count). The molecule has 114 valence electrons. The molecule has 6 heteroatoms. The number of hydrogen-bond acceptors (Lipinski definition) is 5. The summed E-state index contributed by atoms with van der Waals surface area (Å²) in [6.07, 6.45) is 5.66. The molecule has 6 nitrogen and oxygen atoms in total. The Balaban J connectivity index is 1.67. The molecule has 0 aromatic carbocycles. The molecule has 0 bridgehead atoms. The van der Waals surface area contributed by atoms with Gasteiger partial charge in [0.15, 0.2) is 0 Å². The Morgan fingerprint density at radius 3 is 2.38 bits per heavy atom. The molecule has 0 atom stereocenters. The van der Waals surface area contributed by atoms with E-state index in [-0.39, 0.29) is 5.91 Å². The first-order chi connectivity index (χ1) is 10.2. The van der Waals surface area contributed by atoms with E-state index in [1.807, 2.05) is 17.2 Å². The van der Waals surface area contributed by atoms with Crippen molar-refractivity contribution >= 4 is 17.7 Å². The largest absolute Gasteiger partial charge is 0.356 e. The molecule has 3 heterocycles. The molecule has 0 unspecified atom stereocenters. The van der Waals surface area contributed by atoms with Crippen molar-refractivity contribution < 1.29 is 4.79 Å². The van der Waals surface area contributed by atoms with Gasteiger partial charge in [-0.1, -0.05) is 0 Å². The first kappa shape index (κ1) is 14.1. The van der Waals surface area contributed by atoms with E-state index in [0.717, 1.165) is 51.0 Å². The number of carbonyl (C=O) groups excluding carboxylic acids is 1. The SMILES string of the molecule is CC(=O)N1CCN(c2nccc(N3CCCCC3)n2)CC1. The van der Waals surface area contributed by atoms with Crippen LogP contribution in [-0.2, 0) is 4.79 Å². The Hall–Kier alpha value is -1.85. The summed E-state index contributed by atoms with van der Waals surface area (Å²) < 4.78 is 0. The van der Waals surface area contributed by atoms with E-state index in [2.05, 4.69) is 14.8 Å². The molecule has 2 saturated heterocycles. The summed E-state index contributed by atoms with van der Waals surface area (Å²) in [5, 5.41) is 0. The van der Waals surface area contributed by atoms with Crippen LogP contribution >= 0.6 is 0 Å². The summed E-state index contributed by atoms with van der Waals surface area (Å²) in [7, 11) is 0. The summed E-state index contributed by atoms with van der Waals surface area (Å²) >= 11 is 0. The number of piperidine rings is 1. The number of amides is 1. The van der Waals surface area contributed by atoms with Gasteiger partial charge in [-0.05, 0) is 25.3 Å². The maximum Gasteiger partial charge on any atom is 0.227 e. The van der Waals surface area contributed by atoms with Gasteiger partial charge in [-0.3, -0.25) is 4.79 Å². The molecule has 0 saturated carbocycles. The second-order valence-corrected chi connectivity index (χ2v) is 5.76. The van der Waals surface area contributed by atoms with E-state index in [1.54, 1.807) is 6.92 Å². The highest BCUT2D eigenvalue weighted by molar-refractivity contribution is 5.73. The minimum Gasteiger partial charge on any atom is -0.356 e. The van der Waals surface area contributed by atoms with Gasteiger partial charge in [0, 0.05) is 52.4 Å². The number of piperazine rings is 1.